The first-order chi connectivity index (χ1) is 11.9. The number of amides is 1. The maximum absolute atomic E-state index is 12.2. The van der Waals surface area contributed by atoms with Gasteiger partial charge in [-0.25, -0.2) is 9.78 Å². The first-order valence-electron chi connectivity index (χ1n) is 7.24. The smallest absolute Gasteiger partial charge is 0.338 e. The Labute approximate surface area is 152 Å². The first kappa shape index (κ1) is 17.3. The van der Waals surface area contributed by atoms with Crippen molar-refractivity contribution in [2.75, 3.05) is 5.32 Å². The summed E-state index contributed by atoms with van der Waals surface area (Å²) in [7, 11) is 0. The molecule has 1 atom stereocenters. The van der Waals surface area contributed by atoms with Crippen LogP contribution in [0.3, 0.4) is 0 Å². The maximum Gasteiger partial charge on any atom is 0.338 e. The van der Waals surface area contributed by atoms with Crippen LogP contribution in [0.4, 0.5) is 5.69 Å². The highest BCUT2D eigenvalue weighted by Gasteiger charge is 2.20. The molecule has 3 rings (SSSR count). The van der Waals surface area contributed by atoms with Crippen LogP contribution in [-0.2, 0) is 9.53 Å². The van der Waals surface area contributed by atoms with E-state index < -0.39 is 18.0 Å². The van der Waals surface area contributed by atoms with E-state index in [1.807, 2.05) is 0 Å². The normalized spacial score (nSPS) is 12.0. The van der Waals surface area contributed by atoms with E-state index in [1.165, 1.54) is 31.5 Å². The molecule has 1 unspecified atom stereocenters. The fraction of sp³-hybridized carbons (Fsp3) is 0.118. The van der Waals surface area contributed by atoms with E-state index in [0.29, 0.717) is 21.8 Å². The van der Waals surface area contributed by atoms with Crippen molar-refractivity contribution < 1.29 is 18.7 Å². The number of halogens is 2. The largest absolute Gasteiger partial charge is 0.449 e. The summed E-state index contributed by atoms with van der Waals surface area (Å²) in [5, 5.41) is 3.32. The van der Waals surface area contributed by atoms with E-state index in [4.69, 9.17) is 32.4 Å². The number of anilines is 1. The Morgan fingerprint density at radius 2 is 2.00 bits per heavy atom. The van der Waals surface area contributed by atoms with Gasteiger partial charge in [-0.1, -0.05) is 23.2 Å². The van der Waals surface area contributed by atoms with Gasteiger partial charge < -0.3 is 14.5 Å². The van der Waals surface area contributed by atoms with Crippen molar-refractivity contribution in [3.8, 4) is 0 Å². The second-order valence-corrected chi connectivity index (χ2v) is 6.04. The van der Waals surface area contributed by atoms with E-state index in [0.717, 1.165) is 0 Å². The summed E-state index contributed by atoms with van der Waals surface area (Å²) in [6.07, 6.45) is 0.262. The zero-order valence-electron chi connectivity index (χ0n) is 13.0. The molecule has 8 heteroatoms. The van der Waals surface area contributed by atoms with E-state index in [9.17, 15) is 9.59 Å². The van der Waals surface area contributed by atoms with Gasteiger partial charge in [0.05, 0.1) is 16.3 Å². The quantitative estimate of drug-likeness (QED) is 0.683. The third kappa shape index (κ3) is 3.92. The number of ether oxygens (including phenoxy) is 1. The lowest BCUT2D eigenvalue weighted by Crippen LogP contribution is -2.30. The van der Waals surface area contributed by atoms with Crippen LogP contribution in [0.1, 0.15) is 17.3 Å². The van der Waals surface area contributed by atoms with Gasteiger partial charge in [0.25, 0.3) is 5.91 Å². The Balaban J connectivity index is 1.66. The number of aromatic nitrogens is 1. The Kier molecular flexibility index (Phi) is 4.92. The van der Waals surface area contributed by atoms with Gasteiger partial charge in [0.1, 0.15) is 5.52 Å². The van der Waals surface area contributed by atoms with E-state index in [2.05, 4.69) is 10.3 Å². The van der Waals surface area contributed by atoms with Crippen LogP contribution in [-0.4, -0.2) is 23.0 Å². The molecule has 3 aromatic rings. The predicted octanol–water partition coefficient (Wildman–Crippen LogP) is 4.32. The first-order valence-corrected chi connectivity index (χ1v) is 8.00. The summed E-state index contributed by atoms with van der Waals surface area (Å²) in [6, 6.07) is 9.33. The number of hydrogen-bond acceptors (Lipinski definition) is 5. The average molecular weight is 379 g/mol. The number of esters is 1. The van der Waals surface area contributed by atoms with Crippen LogP contribution in [0, 0.1) is 0 Å². The number of oxazole rings is 1. The monoisotopic (exact) mass is 378 g/mol. The molecule has 128 valence electrons. The zero-order chi connectivity index (χ0) is 18.0. The highest BCUT2D eigenvalue weighted by atomic mass is 35.5. The molecule has 0 bridgehead atoms. The van der Waals surface area contributed by atoms with Crippen LogP contribution in [0.5, 0.6) is 0 Å². The molecule has 0 fully saturated rings. The topological polar surface area (TPSA) is 81.4 Å². The van der Waals surface area contributed by atoms with Crippen LogP contribution in [0.25, 0.3) is 11.1 Å². The van der Waals surface area contributed by atoms with Crippen molar-refractivity contribution in [2.24, 2.45) is 0 Å². The summed E-state index contributed by atoms with van der Waals surface area (Å²) in [4.78, 5) is 28.3. The van der Waals surface area contributed by atoms with Crippen molar-refractivity contribution in [3.05, 3.63) is 58.4 Å². The zero-order valence-corrected chi connectivity index (χ0v) is 14.5. The molecule has 0 saturated carbocycles. The van der Waals surface area contributed by atoms with Crippen LogP contribution < -0.4 is 5.32 Å². The summed E-state index contributed by atoms with van der Waals surface area (Å²) in [6.45, 7) is 1.46. The van der Waals surface area contributed by atoms with Gasteiger partial charge in [0.15, 0.2) is 18.1 Å². The molecule has 0 aliphatic heterocycles. The predicted molar refractivity (Wildman–Crippen MR) is 94.0 cm³/mol. The number of fused-ring (bicyclic) bond motifs is 1. The molecule has 0 radical (unpaired) electrons. The number of nitrogens with zero attached hydrogens (tertiary/aromatic N) is 1. The second-order valence-electron chi connectivity index (χ2n) is 5.20. The van der Waals surface area contributed by atoms with Gasteiger partial charge in [-0.05, 0) is 43.3 Å². The van der Waals surface area contributed by atoms with Crippen molar-refractivity contribution in [1.82, 2.24) is 4.98 Å². The molecule has 25 heavy (non-hydrogen) atoms. The lowest BCUT2D eigenvalue weighted by atomic mass is 10.2. The minimum atomic E-state index is -1.02. The molecule has 0 aliphatic carbocycles. The minimum absolute atomic E-state index is 0.269. The summed E-state index contributed by atoms with van der Waals surface area (Å²) in [5.74, 6) is -1.16. The highest BCUT2D eigenvalue weighted by Crippen LogP contribution is 2.25. The molecule has 1 amide bonds. The van der Waals surface area contributed by atoms with Crippen molar-refractivity contribution >= 4 is 51.9 Å². The number of carbonyl (C=O) groups excluding carboxylic acids is 2. The van der Waals surface area contributed by atoms with Crippen molar-refractivity contribution in [3.63, 3.8) is 0 Å². The average Bonchev–Trinajstić information content (AvgIpc) is 3.04. The Hall–Kier alpha value is -2.57. The SMILES string of the molecule is CC(OC(=O)c1ccc2ocnc2c1)C(=O)Nc1ccc(Cl)cc1Cl. The number of rotatable bonds is 4. The van der Waals surface area contributed by atoms with Crippen LogP contribution in [0.15, 0.2) is 47.2 Å². The molecule has 1 N–H and O–H groups in total. The lowest BCUT2D eigenvalue weighted by Gasteiger charge is -2.14. The molecule has 1 heterocycles. The van der Waals surface area contributed by atoms with Crippen LogP contribution in [0.2, 0.25) is 10.0 Å². The lowest BCUT2D eigenvalue weighted by molar-refractivity contribution is -0.123. The molecular weight excluding hydrogens is 367 g/mol. The summed E-state index contributed by atoms with van der Waals surface area (Å²) >= 11 is 11.8. The molecule has 0 saturated heterocycles. The summed E-state index contributed by atoms with van der Waals surface area (Å²) < 4.78 is 10.3. The molecule has 1 aromatic heterocycles. The van der Waals surface area contributed by atoms with Crippen molar-refractivity contribution in [1.29, 1.82) is 0 Å². The van der Waals surface area contributed by atoms with Crippen molar-refractivity contribution in [2.45, 2.75) is 13.0 Å². The van der Waals surface area contributed by atoms with Crippen LogP contribution >= 0.6 is 23.2 Å². The number of nitrogens with one attached hydrogen (secondary N) is 1. The van der Waals surface area contributed by atoms with Gasteiger partial charge in [0, 0.05) is 5.02 Å². The van der Waals surface area contributed by atoms with Gasteiger partial charge in [0.2, 0.25) is 0 Å². The van der Waals surface area contributed by atoms with E-state index in [1.54, 1.807) is 18.2 Å². The number of hydrogen-bond donors (Lipinski definition) is 1. The Bertz CT molecular complexity index is 955. The number of carbonyl (C=O) groups is 2. The minimum Gasteiger partial charge on any atom is -0.449 e. The standard InChI is InChI=1S/C17H12Cl2N2O4/c1-9(16(22)21-13-4-3-11(18)7-12(13)19)25-17(23)10-2-5-15-14(6-10)20-8-24-15/h2-9H,1H3,(H,21,22). The summed E-state index contributed by atoms with van der Waals surface area (Å²) in [5.41, 5.74) is 1.73. The van der Waals surface area contributed by atoms with Gasteiger partial charge in [-0.15, -0.1) is 0 Å². The molecule has 0 spiro atoms. The third-order valence-corrected chi connectivity index (χ3v) is 3.96. The fourth-order valence-electron chi connectivity index (χ4n) is 2.09. The van der Waals surface area contributed by atoms with Gasteiger partial charge >= 0.3 is 5.97 Å². The highest BCUT2D eigenvalue weighted by molar-refractivity contribution is 6.36. The van der Waals surface area contributed by atoms with Gasteiger partial charge in [-0.2, -0.15) is 0 Å². The molecule has 6 nitrogen and oxygen atoms in total. The third-order valence-electron chi connectivity index (χ3n) is 3.41. The molecular formula is C17H12Cl2N2O4. The van der Waals surface area contributed by atoms with Gasteiger partial charge in [-0.3, -0.25) is 4.79 Å². The van der Waals surface area contributed by atoms with E-state index in [-0.39, 0.29) is 10.6 Å². The maximum atomic E-state index is 12.2. The number of benzene rings is 2. The molecule has 2 aromatic carbocycles. The van der Waals surface area contributed by atoms with E-state index >= 15 is 0 Å². The fourth-order valence-corrected chi connectivity index (χ4v) is 2.55. The second kappa shape index (κ2) is 7.13. The molecule has 0 aliphatic rings. The Morgan fingerprint density at radius 1 is 1.20 bits per heavy atom. The Morgan fingerprint density at radius 3 is 2.76 bits per heavy atom.